The monoisotopic (exact) mass is 238 g/mol. The highest BCUT2D eigenvalue weighted by Crippen LogP contribution is 2.19. The van der Waals surface area contributed by atoms with Crippen molar-refractivity contribution in [1.29, 1.82) is 0 Å². The molecule has 1 heterocycles. The molecule has 78 valence electrons. The molecule has 0 aliphatic carbocycles. The zero-order chi connectivity index (χ0) is 11.3. The molecule has 0 fully saturated rings. The molecule has 0 N–H and O–H groups in total. The van der Waals surface area contributed by atoms with Crippen LogP contribution in [-0.4, -0.2) is 17.2 Å². The van der Waals surface area contributed by atoms with E-state index in [2.05, 4.69) is 11.8 Å². The van der Waals surface area contributed by atoms with Crippen LogP contribution in [0.15, 0.2) is 6.07 Å². The molecule has 0 atom stereocenters. The predicted octanol–water partition coefficient (Wildman–Crippen LogP) is 2.50. The molecule has 0 amide bonds. The van der Waals surface area contributed by atoms with E-state index in [-0.39, 0.29) is 5.12 Å². The van der Waals surface area contributed by atoms with Gasteiger partial charge in [0.15, 0.2) is 11.4 Å². The van der Waals surface area contributed by atoms with Crippen LogP contribution in [0.2, 0.25) is 0 Å². The molecule has 15 heavy (non-hydrogen) atoms. The maximum absolute atomic E-state index is 10.6. The molecule has 0 spiro atoms. The Morgan fingerprint density at radius 3 is 2.93 bits per heavy atom. The number of hydrogen-bond donors (Lipinski definition) is 0. The minimum Gasteiger partial charge on any atom is -0.297 e. The first-order chi connectivity index (χ1) is 7.13. The molecule has 0 aliphatic heterocycles. The summed E-state index contributed by atoms with van der Waals surface area (Å²) in [6, 6.07) is 1.82. The molecule has 4 heteroatoms. The average Bonchev–Trinajstić information content (AvgIpc) is 2.54. The van der Waals surface area contributed by atoms with Crippen LogP contribution < -0.4 is 0 Å². The van der Waals surface area contributed by atoms with Crippen LogP contribution in [0.5, 0.6) is 0 Å². The van der Waals surface area contributed by atoms with Gasteiger partial charge in [-0.1, -0.05) is 23.6 Å². The van der Waals surface area contributed by atoms with Crippen molar-refractivity contribution in [3.63, 3.8) is 0 Å². The summed E-state index contributed by atoms with van der Waals surface area (Å²) >= 11 is 2.57. The maximum Gasteiger partial charge on any atom is 0.186 e. The fourth-order valence-corrected chi connectivity index (χ4v) is 2.15. The first kappa shape index (κ1) is 12.0. The second-order valence-electron chi connectivity index (χ2n) is 2.86. The Kier molecular flexibility index (Phi) is 4.60. The van der Waals surface area contributed by atoms with Crippen molar-refractivity contribution in [2.75, 3.05) is 5.75 Å². The fraction of sp³-hybridized carbons (Fsp3) is 0.273. The molecular formula is C11H10O2S2. The number of aryl methyl sites for hydroxylation is 1. The minimum atomic E-state index is 0.0702. The zero-order valence-electron chi connectivity index (χ0n) is 8.49. The Labute approximate surface area is 97.1 Å². The zero-order valence-corrected chi connectivity index (χ0v) is 10.1. The van der Waals surface area contributed by atoms with E-state index in [9.17, 15) is 9.59 Å². The van der Waals surface area contributed by atoms with Gasteiger partial charge in [0.2, 0.25) is 0 Å². The highest BCUT2D eigenvalue weighted by Gasteiger charge is 2.01. The van der Waals surface area contributed by atoms with Crippen molar-refractivity contribution < 1.29 is 9.59 Å². The summed E-state index contributed by atoms with van der Waals surface area (Å²) in [7, 11) is 0. The number of thiophene rings is 1. The van der Waals surface area contributed by atoms with Gasteiger partial charge in [-0.3, -0.25) is 9.59 Å². The topological polar surface area (TPSA) is 34.1 Å². The number of carbonyl (C=O) groups excluding carboxylic acids is 2. The molecule has 0 aromatic carbocycles. The van der Waals surface area contributed by atoms with Gasteiger partial charge >= 0.3 is 0 Å². The first-order valence-corrected chi connectivity index (χ1v) is 6.11. The van der Waals surface area contributed by atoms with Crippen LogP contribution in [0.3, 0.4) is 0 Å². The van der Waals surface area contributed by atoms with Gasteiger partial charge in [0, 0.05) is 6.92 Å². The van der Waals surface area contributed by atoms with Crippen LogP contribution in [0.25, 0.3) is 0 Å². The van der Waals surface area contributed by atoms with Crippen molar-refractivity contribution in [1.82, 2.24) is 0 Å². The van der Waals surface area contributed by atoms with Gasteiger partial charge in [-0.2, -0.15) is 0 Å². The lowest BCUT2D eigenvalue weighted by atomic mass is 10.3. The lowest BCUT2D eigenvalue weighted by molar-refractivity contribution is -0.109. The number of carbonyl (C=O) groups is 2. The van der Waals surface area contributed by atoms with Gasteiger partial charge in [0.05, 0.1) is 15.5 Å². The molecule has 0 saturated heterocycles. The van der Waals surface area contributed by atoms with E-state index >= 15 is 0 Å². The molecule has 1 aromatic heterocycles. The van der Waals surface area contributed by atoms with E-state index in [0.717, 1.165) is 16.7 Å². The average molecular weight is 238 g/mol. The standard InChI is InChI=1S/C11H10O2S2/c1-8-6-10(7-12)15-11(8)4-3-5-14-9(2)13/h6-7H,5H2,1-2H3. The Morgan fingerprint density at radius 1 is 1.67 bits per heavy atom. The highest BCUT2D eigenvalue weighted by molar-refractivity contribution is 8.13. The highest BCUT2D eigenvalue weighted by atomic mass is 32.2. The molecule has 0 saturated carbocycles. The number of hydrogen-bond acceptors (Lipinski definition) is 4. The van der Waals surface area contributed by atoms with E-state index in [4.69, 9.17) is 0 Å². The smallest absolute Gasteiger partial charge is 0.186 e. The van der Waals surface area contributed by atoms with E-state index in [1.54, 1.807) is 0 Å². The van der Waals surface area contributed by atoms with Crippen molar-refractivity contribution in [3.8, 4) is 11.8 Å². The van der Waals surface area contributed by atoms with Gasteiger partial charge in [0.1, 0.15) is 0 Å². The Bertz CT molecular complexity index is 435. The van der Waals surface area contributed by atoms with Gasteiger partial charge in [-0.05, 0) is 18.6 Å². The third-order valence-electron chi connectivity index (χ3n) is 1.60. The van der Waals surface area contributed by atoms with Crippen molar-refractivity contribution in [3.05, 3.63) is 21.4 Å². The summed E-state index contributed by atoms with van der Waals surface area (Å²) < 4.78 is 0. The summed E-state index contributed by atoms with van der Waals surface area (Å²) in [5, 5.41) is 0.0702. The predicted molar refractivity (Wildman–Crippen MR) is 64.5 cm³/mol. The molecular weight excluding hydrogens is 228 g/mol. The summed E-state index contributed by atoms with van der Waals surface area (Å²) in [6.07, 6.45) is 0.827. The van der Waals surface area contributed by atoms with Gasteiger partial charge in [-0.15, -0.1) is 11.3 Å². The van der Waals surface area contributed by atoms with Gasteiger partial charge in [-0.25, -0.2) is 0 Å². The molecule has 0 aliphatic rings. The van der Waals surface area contributed by atoms with Crippen LogP contribution in [0, 0.1) is 18.8 Å². The molecule has 0 bridgehead atoms. The summed E-state index contributed by atoms with van der Waals surface area (Å²) in [5.41, 5.74) is 1.02. The number of rotatable bonds is 2. The maximum atomic E-state index is 10.6. The number of aldehydes is 1. The molecule has 0 radical (unpaired) electrons. The normalized spacial score (nSPS) is 9.20. The SMILES string of the molecule is CC(=O)SCC#Cc1sc(C=O)cc1C. The quantitative estimate of drug-likeness (QED) is 0.586. The van der Waals surface area contributed by atoms with E-state index < -0.39 is 0 Å². The first-order valence-electron chi connectivity index (χ1n) is 4.31. The Morgan fingerprint density at radius 2 is 2.40 bits per heavy atom. The Balaban J connectivity index is 2.66. The van der Waals surface area contributed by atoms with E-state index in [1.807, 2.05) is 13.0 Å². The van der Waals surface area contributed by atoms with Gasteiger partial charge < -0.3 is 0 Å². The molecule has 2 nitrogen and oxygen atoms in total. The lowest BCUT2D eigenvalue weighted by Crippen LogP contribution is -1.82. The second kappa shape index (κ2) is 5.74. The van der Waals surface area contributed by atoms with Crippen LogP contribution in [0.4, 0.5) is 0 Å². The molecule has 0 unspecified atom stereocenters. The van der Waals surface area contributed by atoms with Crippen LogP contribution >= 0.6 is 23.1 Å². The third kappa shape index (κ3) is 3.90. The van der Waals surface area contributed by atoms with Crippen LogP contribution in [0.1, 0.15) is 27.0 Å². The summed E-state index contributed by atoms with van der Waals surface area (Å²) in [4.78, 5) is 22.7. The van der Waals surface area contributed by atoms with Crippen molar-refractivity contribution in [2.45, 2.75) is 13.8 Å². The lowest BCUT2D eigenvalue weighted by Gasteiger charge is -1.85. The molecule has 1 aromatic rings. The van der Waals surface area contributed by atoms with Crippen molar-refractivity contribution >= 4 is 34.5 Å². The summed E-state index contributed by atoms with van der Waals surface area (Å²) in [5.74, 6) is 6.36. The van der Waals surface area contributed by atoms with Crippen LogP contribution in [-0.2, 0) is 4.79 Å². The fourth-order valence-electron chi connectivity index (χ4n) is 0.943. The Hall–Kier alpha value is -1.05. The summed E-state index contributed by atoms with van der Waals surface area (Å²) in [6.45, 7) is 3.44. The van der Waals surface area contributed by atoms with Crippen molar-refractivity contribution in [2.24, 2.45) is 0 Å². The number of thioether (sulfide) groups is 1. The molecule has 1 rings (SSSR count). The largest absolute Gasteiger partial charge is 0.297 e. The van der Waals surface area contributed by atoms with E-state index in [1.165, 1.54) is 30.0 Å². The minimum absolute atomic E-state index is 0.0702. The van der Waals surface area contributed by atoms with Gasteiger partial charge in [0.25, 0.3) is 0 Å². The second-order valence-corrected chi connectivity index (χ2v) is 5.10. The third-order valence-corrected chi connectivity index (χ3v) is 3.38. The van der Waals surface area contributed by atoms with E-state index in [0.29, 0.717) is 10.6 Å².